The molecule has 0 bridgehead atoms. The van der Waals surface area contributed by atoms with Crippen LogP contribution in [0.15, 0.2) is 54.7 Å². The molecule has 1 N–H and O–H groups in total. The fourth-order valence-corrected chi connectivity index (χ4v) is 3.42. The molecule has 0 atom stereocenters. The number of hydrogen-bond acceptors (Lipinski definition) is 4. The fraction of sp³-hybridized carbons (Fsp3) is 0.250. The number of hydrogen-bond donors (Lipinski definition) is 1. The first-order valence-electron chi connectivity index (χ1n) is 9.00. The van der Waals surface area contributed by atoms with Gasteiger partial charge in [0.1, 0.15) is 0 Å². The molecule has 138 valence electrons. The minimum atomic E-state index is -0.267. The van der Waals surface area contributed by atoms with Crippen LogP contribution in [0.1, 0.15) is 28.9 Å². The molecule has 3 aromatic rings. The van der Waals surface area contributed by atoms with Crippen LogP contribution in [-0.4, -0.2) is 34.0 Å². The van der Waals surface area contributed by atoms with Crippen molar-refractivity contribution < 1.29 is 4.79 Å². The molecule has 7 heteroatoms. The van der Waals surface area contributed by atoms with E-state index in [9.17, 15) is 4.79 Å². The van der Waals surface area contributed by atoms with Crippen molar-refractivity contribution in [2.45, 2.75) is 19.4 Å². The number of para-hydroxylation sites is 1. The standard InChI is InChI=1S/C20H20ClN5O/c21-17-5-1-2-6-19(17)26-14-18(23-24-26)20(27)22-13-15-7-9-16(10-8-15)25-11-3-4-12-25/h1-2,5-10,14H,3-4,11-13H2,(H,22,27). The van der Waals surface area contributed by atoms with Crippen molar-refractivity contribution in [2.24, 2.45) is 0 Å². The van der Waals surface area contributed by atoms with Gasteiger partial charge in [0.15, 0.2) is 5.69 Å². The highest BCUT2D eigenvalue weighted by atomic mass is 35.5. The number of benzene rings is 2. The second kappa shape index (κ2) is 7.80. The van der Waals surface area contributed by atoms with E-state index in [2.05, 4.69) is 44.8 Å². The Morgan fingerprint density at radius 3 is 2.56 bits per heavy atom. The zero-order chi connectivity index (χ0) is 18.6. The molecule has 1 amide bonds. The number of halogens is 1. The summed E-state index contributed by atoms with van der Waals surface area (Å²) in [7, 11) is 0. The van der Waals surface area contributed by atoms with Gasteiger partial charge in [0.05, 0.1) is 16.9 Å². The smallest absolute Gasteiger partial charge is 0.273 e. The van der Waals surface area contributed by atoms with E-state index in [4.69, 9.17) is 11.6 Å². The molecule has 2 heterocycles. The molecule has 0 aliphatic carbocycles. The monoisotopic (exact) mass is 381 g/mol. The molecule has 1 aliphatic heterocycles. The summed E-state index contributed by atoms with van der Waals surface area (Å²) in [5.41, 5.74) is 3.22. The molecule has 0 spiro atoms. The molecule has 1 fully saturated rings. The highest BCUT2D eigenvalue weighted by molar-refractivity contribution is 6.32. The predicted octanol–water partition coefficient (Wildman–Crippen LogP) is 3.45. The topological polar surface area (TPSA) is 63.1 Å². The van der Waals surface area contributed by atoms with Gasteiger partial charge in [-0.05, 0) is 42.7 Å². The summed E-state index contributed by atoms with van der Waals surface area (Å²) in [4.78, 5) is 14.7. The van der Waals surface area contributed by atoms with Gasteiger partial charge in [-0.3, -0.25) is 4.79 Å². The molecular formula is C20H20ClN5O. The van der Waals surface area contributed by atoms with Crippen LogP contribution in [0.3, 0.4) is 0 Å². The Labute approximate surface area is 162 Å². The molecule has 0 saturated carbocycles. The van der Waals surface area contributed by atoms with E-state index in [1.165, 1.54) is 23.2 Å². The minimum Gasteiger partial charge on any atom is -0.372 e. The molecule has 1 aliphatic rings. The molecule has 6 nitrogen and oxygen atoms in total. The van der Waals surface area contributed by atoms with Crippen molar-refractivity contribution in [3.05, 3.63) is 71.0 Å². The van der Waals surface area contributed by atoms with Gasteiger partial charge < -0.3 is 10.2 Å². The number of nitrogens with one attached hydrogen (secondary N) is 1. The van der Waals surface area contributed by atoms with Crippen LogP contribution in [0.5, 0.6) is 0 Å². The van der Waals surface area contributed by atoms with Crippen LogP contribution in [0.2, 0.25) is 5.02 Å². The van der Waals surface area contributed by atoms with E-state index in [0.29, 0.717) is 17.3 Å². The van der Waals surface area contributed by atoms with Gasteiger partial charge in [0, 0.05) is 25.3 Å². The molecule has 4 rings (SSSR count). The van der Waals surface area contributed by atoms with Gasteiger partial charge in [-0.15, -0.1) is 5.10 Å². The second-order valence-corrected chi connectivity index (χ2v) is 6.95. The highest BCUT2D eigenvalue weighted by Crippen LogP contribution is 2.21. The maximum Gasteiger partial charge on any atom is 0.273 e. The Bertz CT molecular complexity index is 932. The predicted molar refractivity (Wildman–Crippen MR) is 105 cm³/mol. The lowest BCUT2D eigenvalue weighted by Crippen LogP contribution is -2.23. The quantitative estimate of drug-likeness (QED) is 0.735. The van der Waals surface area contributed by atoms with Crippen molar-refractivity contribution in [3.8, 4) is 5.69 Å². The first kappa shape index (κ1) is 17.5. The molecule has 1 saturated heterocycles. The fourth-order valence-electron chi connectivity index (χ4n) is 3.20. The molecule has 0 radical (unpaired) electrons. The summed E-state index contributed by atoms with van der Waals surface area (Å²) >= 11 is 6.16. The first-order chi connectivity index (χ1) is 13.2. The Morgan fingerprint density at radius 1 is 1.07 bits per heavy atom. The lowest BCUT2D eigenvalue weighted by atomic mass is 10.2. The van der Waals surface area contributed by atoms with E-state index in [-0.39, 0.29) is 11.6 Å². The summed E-state index contributed by atoms with van der Waals surface area (Å²) in [6, 6.07) is 15.6. The Kier molecular flexibility index (Phi) is 5.07. The van der Waals surface area contributed by atoms with Gasteiger partial charge in [-0.1, -0.05) is 41.1 Å². The summed E-state index contributed by atoms with van der Waals surface area (Å²) < 4.78 is 1.50. The van der Waals surface area contributed by atoms with Crippen LogP contribution in [0.25, 0.3) is 5.69 Å². The zero-order valence-corrected chi connectivity index (χ0v) is 15.6. The molecule has 2 aromatic carbocycles. The number of carbonyl (C=O) groups excluding carboxylic acids is 1. The number of aromatic nitrogens is 3. The Balaban J connectivity index is 1.37. The van der Waals surface area contributed by atoms with E-state index in [0.717, 1.165) is 18.7 Å². The van der Waals surface area contributed by atoms with Crippen molar-refractivity contribution in [1.29, 1.82) is 0 Å². The van der Waals surface area contributed by atoms with Crippen LogP contribution < -0.4 is 10.2 Å². The van der Waals surface area contributed by atoms with Crippen molar-refractivity contribution in [1.82, 2.24) is 20.3 Å². The average molecular weight is 382 g/mol. The van der Waals surface area contributed by atoms with Crippen molar-refractivity contribution in [2.75, 3.05) is 18.0 Å². The molecule has 1 aromatic heterocycles. The normalized spacial score (nSPS) is 13.7. The Morgan fingerprint density at radius 2 is 1.81 bits per heavy atom. The lowest BCUT2D eigenvalue weighted by molar-refractivity contribution is 0.0946. The van der Waals surface area contributed by atoms with Gasteiger partial charge in [0.25, 0.3) is 5.91 Å². The van der Waals surface area contributed by atoms with Crippen molar-refractivity contribution in [3.63, 3.8) is 0 Å². The minimum absolute atomic E-state index is 0.253. The number of nitrogens with zero attached hydrogens (tertiary/aromatic N) is 4. The zero-order valence-electron chi connectivity index (χ0n) is 14.8. The number of amides is 1. The van der Waals surface area contributed by atoms with E-state index in [1.54, 1.807) is 12.3 Å². The maximum absolute atomic E-state index is 12.4. The van der Waals surface area contributed by atoms with Crippen LogP contribution >= 0.6 is 11.6 Å². The van der Waals surface area contributed by atoms with Crippen LogP contribution in [0.4, 0.5) is 5.69 Å². The number of rotatable bonds is 5. The van der Waals surface area contributed by atoms with Crippen LogP contribution in [-0.2, 0) is 6.54 Å². The number of carbonyl (C=O) groups is 1. The summed E-state index contributed by atoms with van der Waals surface area (Å²) in [6.45, 7) is 2.69. The number of anilines is 1. The third-order valence-corrected chi connectivity index (χ3v) is 5.01. The maximum atomic E-state index is 12.4. The van der Waals surface area contributed by atoms with Gasteiger partial charge in [0.2, 0.25) is 0 Å². The van der Waals surface area contributed by atoms with E-state index >= 15 is 0 Å². The van der Waals surface area contributed by atoms with Crippen LogP contribution in [0, 0.1) is 0 Å². The van der Waals surface area contributed by atoms with Crippen molar-refractivity contribution >= 4 is 23.2 Å². The molecule has 27 heavy (non-hydrogen) atoms. The summed E-state index contributed by atoms with van der Waals surface area (Å²) in [5.74, 6) is -0.267. The van der Waals surface area contributed by atoms with E-state index < -0.39 is 0 Å². The second-order valence-electron chi connectivity index (χ2n) is 6.54. The first-order valence-corrected chi connectivity index (χ1v) is 9.38. The molecular weight excluding hydrogens is 362 g/mol. The van der Waals surface area contributed by atoms with E-state index in [1.807, 2.05) is 18.2 Å². The third-order valence-electron chi connectivity index (χ3n) is 4.69. The Hall–Kier alpha value is -2.86. The third kappa shape index (κ3) is 3.95. The van der Waals surface area contributed by atoms with Gasteiger partial charge in [-0.2, -0.15) is 0 Å². The van der Waals surface area contributed by atoms with Gasteiger partial charge >= 0.3 is 0 Å². The highest BCUT2D eigenvalue weighted by Gasteiger charge is 2.14. The molecule has 0 unspecified atom stereocenters. The largest absolute Gasteiger partial charge is 0.372 e. The SMILES string of the molecule is O=C(NCc1ccc(N2CCCC2)cc1)c1cn(-c2ccccc2Cl)nn1. The average Bonchev–Trinajstić information content (AvgIpc) is 3.39. The summed E-state index contributed by atoms with van der Waals surface area (Å²) in [5, 5.41) is 11.4. The lowest BCUT2D eigenvalue weighted by Gasteiger charge is -2.17. The van der Waals surface area contributed by atoms with Gasteiger partial charge in [-0.25, -0.2) is 4.68 Å². The summed E-state index contributed by atoms with van der Waals surface area (Å²) in [6.07, 6.45) is 4.09.